The standard InChI is InChI=1S/C11H15N3O.C2H6/c1-7-5-4-6-9(10(7)15-3)11(13)14-8(2)12;1-2/h4-6H,1-3H3,(H3,12,13,14);1-2H3. The van der Waals surface area contributed by atoms with Crippen LogP contribution in [0.4, 0.5) is 0 Å². The third-order valence-electron chi connectivity index (χ3n) is 1.96. The van der Waals surface area contributed by atoms with E-state index in [4.69, 9.17) is 15.9 Å². The molecule has 0 amide bonds. The van der Waals surface area contributed by atoms with E-state index < -0.39 is 0 Å². The van der Waals surface area contributed by atoms with Gasteiger partial charge in [0.05, 0.1) is 18.5 Å². The van der Waals surface area contributed by atoms with Crippen molar-refractivity contribution in [1.29, 1.82) is 5.41 Å². The van der Waals surface area contributed by atoms with E-state index in [1.54, 1.807) is 20.1 Å². The first-order valence-corrected chi connectivity index (χ1v) is 5.59. The van der Waals surface area contributed by atoms with Crippen molar-refractivity contribution >= 4 is 11.7 Å². The van der Waals surface area contributed by atoms with Crippen LogP contribution in [-0.4, -0.2) is 18.8 Å². The van der Waals surface area contributed by atoms with Crippen LogP contribution < -0.4 is 10.5 Å². The molecule has 4 nitrogen and oxygen atoms in total. The summed E-state index contributed by atoms with van der Waals surface area (Å²) < 4.78 is 5.23. The maximum atomic E-state index is 7.75. The number of nitrogens with two attached hydrogens (primary N) is 1. The molecule has 0 radical (unpaired) electrons. The lowest BCUT2D eigenvalue weighted by Crippen LogP contribution is -2.10. The van der Waals surface area contributed by atoms with E-state index in [2.05, 4.69) is 4.99 Å². The molecule has 0 heterocycles. The van der Waals surface area contributed by atoms with Gasteiger partial charge in [-0.25, -0.2) is 4.99 Å². The molecule has 0 saturated carbocycles. The Balaban J connectivity index is 0.00000121. The van der Waals surface area contributed by atoms with Crippen LogP contribution in [-0.2, 0) is 0 Å². The second-order valence-corrected chi connectivity index (χ2v) is 3.26. The zero-order chi connectivity index (χ0) is 13.4. The Kier molecular flexibility index (Phi) is 6.63. The van der Waals surface area contributed by atoms with Crippen molar-refractivity contribution in [3.05, 3.63) is 29.3 Å². The maximum absolute atomic E-state index is 7.75. The average Bonchev–Trinajstić information content (AvgIpc) is 2.30. The smallest absolute Gasteiger partial charge is 0.157 e. The lowest BCUT2D eigenvalue weighted by Gasteiger charge is -2.09. The van der Waals surface area contributed by atoms with Gasteiger partial charge in [0.15, 0.2) is 5.84 Å². The highest BCUT2D eigenvalue weighted by Crippen LogP contribution is 2.23. The molecule has 0 fully saturated rings. The SMILES string of the molecule is CC.COc1c(C)cccc1C(=N)N=C(C)N. The van der Waals surface area contributed by atoms with Crippen molar-refractivity contribution in [1.82, 2.24) is 0 Å². The summed E-state index contributed by atoms with van der Waals surface area (Å²) >= 11 is 0. The van der Waals surface area contributed by atoms with E-state index in [1.165, 1.54) is 0 Å². The van der Waals surface area contributed by atoms with E-state index >= 15 is 0 Å². The summed E-state index contributed by atoms with van der Waals surface area (Å²) in [6.07, 6.45) is 0. The molecule has 0 saturated heterocycles. The zero-order valence-electron chi connectivity index (χ0n) is 11.2. The third-order valence-corrected chi connectivity index (χ3v) is 1.96. The number of nitrogens with zero attached hydrogens (tertiary/aromatic N) is 1. The molecule has 0 aromatic heterocycles. The molecular formula is C13H21N3O. The number of benzene rings is 1. The fourth-order valence-electron chi connectivity index (χ4n) is 1.35. The predicted molar refractivity (Wildman–Crippen MR) is 73.2 cm³/mol. The Morgan fingerprint density at radius 3 is 2.41 bits per heavy atom. The number of hydrogen-bond acceptors (Lipinski definition) is 2. The van der Waals surface area contributed by atoms with Gasteiger partial charge < -0.3 is 10.5 Å². The molecule has 94 valence electrons. The number of rotatable bonds is 2. The van der Waals surface area contributed by atoms with Gasteiger partial charge in [-0.3, -0.25) is 5.41 Å². The normalized spacial score (nSPS) is 10.3. The van der Waals surface area contributed by atoms with Gasteiger partial charge in [0.2, 0.25) is 0 Å². The van der Waals surface area contributed by atoms with E-state index in [0.29, 0.717) is 17.1 Å². The lowest BCUT2D eigenvalue weighted by molar-refractivity contribution is 0.411. The number of ether oxygens (including phenoxy) is 1. The second kappa shape index (κ2) is 7.44. The van der Waals surface area contributed by atoms with Gasteiger partial charge in [-0.1, -0.05) is 26.0 Å². The lowest BCUT2D eigenvalue weighted by atomic mass is 10.1. The molecule has 0 spiro atoms. The summed E-state index contributed by atoms with van der Waals surface area (Å²) in [7, 11) is 1.58. The monoisotopic (exact) mass is 235 g/mol. The molecule has 1 aromatic carbocycles. The van der Waals surface area contributed by atoms with E-state index in [1.807, 2.05) is 32.9 Å². The highest BCUT2D eigenvalue weighted by Gasteiger charge is 2.09. The van der Waals surface area contributed by atoms with Crippen LogP contribution in [0.3, 0.4) is 0 Å². The van der Waals surface area contributed by atoms with Crippen LogP contribution in [0.1, 0.15) is 31.9 Å². The van der Waals surface area contributed by atoms with Gasteiger partial charge >= 0.3 is 0 Å². The van der Waals surface area contributed by atoms with Gasteiger partial charge in [-0.2, -0.15) is 0 Å². The molecular weight excluding hydrogens is 214 g/mol. The largest absolute Gasteiger partial charge is 0.496 e. The molecule has 3 N–H and O–H groups in total. The number of aliphatic imine (C=N–C) groups is 1. The molecule has 0 aliphatic heterocycles. The Hall–Kier alpha value is -1.84. The summed E-state index contributed by atoms with van der Waals surface area (Å²) in [4.78, 5) is 3.90. The van der Waals surface area contributed by atoms with Crippen molar-refractivity contribution in [3.63, 3.8) is 0 Å². The van der Waals surface area contributed by atoms with Gasteiger partial charge in [-0.05, 0) is 25.5 Å². The van der Waals surface area contributed by atoms with Crippen molar-refractivity contribution < 1.29 is 4.74 Å². The molecule has 0 bridgehead atoms. The van der Waals surface area contributed by atoms with Crippen molar-refractivity contribution in [3.8, 4) is 5.75 Å². The third kappa shape index (κ3) is 4.26. The number of aryl methyl sites for hydroxylation is 1. The molecule has 0 unspecified atom stereocenters. The Labute approximate surface area is 103 Å². The zero-order valence-corrected chi connectivity index (χ0v) is 11.2. The molecule has 0 aliphatic rings. The summed E-state index contributed by atoms with van der Waals surface area (Å²) in [5.41, 5.74) is 7.06. The van der Waals surface area contributed by atoms with Crippen LogP contribution in [0.25, 0.3) is 0 Å². The highest BCUT2D eigenvalue weighted by atomic mass is 16.5. The minimum atomic E-state index is 0.121. The molecule has 0 atom stereocenters. The number of methoxy groups -OCH3 is 1. The first-order valence-electron chi connectivity index (χ1n) is 5.59. The fraction of sp³-hybridized carbons (Fsp3) is 0.385. The summed E-state index contributed by atoms with van der Waals surface area (Å²) in [6.45, 7) is 7.57. The Morgan fingerprint density at radius 1 is 1.35 bits per heavy atom. The van der Waals surface area contributed by atoms with Crippen LogP contribution in [0.15, 0.2) is 23.2 Å². The predicted octanol–water partition coefficient (Wildman–Crippen LogP) is 2.73. The first-order chi connectivity index (χ1) is 8.06. The summed E-state index contributed by atoms with van der Waals surface area (Å²) in [6, 6.07) is 5.58. The quantitative estimate of drug-likeness (QED) is 0.611. The number of nitrogens with one attached hydrogen (secondary N) is 1. The van der Waals surface area contributed by atoms with Crippen LogP contribution in [0.2, 0.25) is 0 Å². The minimum absolute atomic E-state index is 0.121. The van der Waals surface area contributed by atoms with E-state index in [9.17, 15) is 0 Å². The Bertz CT molecular complexity index is 407. The highest BCUT2D eigenvalue weighted by molar-refractivity contribution is 6.05. The molecule has 0 aliphatic carbocycles. The number of amidine groups is 2. The topological polar surface area (TPSA) is 71.5 Å². The van der Waals surface area contributed by atoms with E-state index in [0.717, 1.165) is 5.56 Å². The molecule has 1 rings (SSSR count). The first kappa shape index (κ1) is 15.2. The molecule has 17 heavy (non-hydrogen) atoms. The fourth-order valence-corrected chi connectivity index (χ4v) is 1.35. The summed E-state index contributed by atoms with van der Waals surface area (Å²) in [5, 5.41) is 7.75. The average molecular weight is 235 g/mol. The van der Waals surface area contributed by atoms with E-state index in [-0.39, 0.29) is 5.84 Å². The molecule has 4 heteroatoms. The van der Waals surface area contributed by atoms with Crippen molar-refractivity contribution in [2.45, 2.75) is 27.7 Å². The number of hydrogen-bond donors (Lipinski definition) is 2. The summed E-state index contributed by atoms with van der Waals surface area (Å²) in [5.74, 6) is 1.16. The Morgan fingerprint density at radius 2 is 1.94 bits per heavy atom. The van der Waals surface area contributed by atoms with Gasteiger partial charge in [0.25, 0.3) is 0 Å². The second-order valence-electron chi connectivity index (χ2n) is 3.26. The minimum Gasteiger partial charge on any atom is -0.496 e. The van der Waals surface area contributed by atoms with Gasteiger partial charge in [-0.15, -0.1) is 0 Å². The van der Waals surface area contributed by atoms with Crippen LogP contribution in [0, 0.1) is 12.3 Å². The molecule has 1 aromatic rings. The number of para-hydroxylation sites is 1. The van der Waals surface area contributed by atoms with Crippen LogP contribution >= 0.6 is 0 Å². The van der Waals surface area contributed by atoms with Gasteiger partial charge in [0, 0.05) is 0 Å². The van der Waals surface area contributed by atoms with Gasteiger partial charge in [0.1, 0.15) is 5.75 Å². The van der Waals surface area contributed by atoms with Crippen LogP contribution in [0.5, 0.6) is 5.75 Å². The van der Waals surface area contributed by atoms with Crippen molar-refractivity contribution in [2.24, 2.45) is 10.7 Å². The van der Waals surface area contributed by atoms with Crippen molar-refractivity contribution in [2.75, 3.05) is 7.11 Å². The maximum Gasteiger partial charge on any atom is 0.157 e.